The summed E-state index contributed by atoms with van der Waals surface area (Å²) in [5.74, 6) is 0. The van der Waals surface area contributed by atoms with Crippen molar-refractivity contribution in [1.29, 1.82) is 0 Å². The zero-order chi connectivity index (χ0) is 35.6. The van der Waals surface area contributed by atoms with E-state index in [4.69, 9.17) is 19.9 Å². The van der Waals surface area contributed by atoms with Gasteiger partial charge in [0.2, 0.25) is 0 Å². The van der Waals surface area contributed by atoms with Crippen molar-refractivity contribution in [2.45, 2.75) is 0 Å². The Bertz CT molecular complexity index is 2970. The van der Waals surface area contributed by atoms with E-state index in [0.29, 0.717) is 0 Å². The zero-order valence-corrected chi connectivity index (χ0v) is 31.7. The number of rotatable bonds is 6. The summed E-state index contributed by atoms with van der Waals surface area (Å²) in [6, 6.07) is 48.0. The highest BCUT2D eigenvalue weighted by molar-refractivity contribution is 7.25. The number of aromatic nitrogens is 4. The molecular weight excluding hydrogens is 737 g/mol. The molecule has 0 aliphatic carbocycles. The number of thiazole rings is 4. The van der Waals surface area contributed by atoms with E-state index in [2.05, 4.69) is 133 Å². The van der Waals surface area contributed by atoms with Crippen LogP contribution in [0.25, 0.3) is 105 Å². The summed E-state index contributed by atoms with van der Waals surface area (Å²) in [7, 11) is 0. The van der Waals surface area contributed by atoms with Crippen LogP contribution in [0, 0.1) is 0 Å². The Hall–Kier alpha value is -5.90. The van der Waals surface area contributed by atoms with Crippen LogP contribution in [0.15, 0.2) is 158 Å². The summed E-state index contributed by atoms with van der Waals surface area (Å²) in [5.41, 5.74) is 4.53. The standard InChI is InChI=1S/C46H26N4S4/c1-3-7-31-19-37-21-35(15-13-33(37)17-29(31)5-1)39-23-49-45(51-39)41-25-47-43(53-41)27-9-11-28(12-10-27)44-48-26-42(54-44)46-50-24-40(52-46)36-16-14-34-18-30-6-2-4-8-32(30)20-38(34)22-36/h1-26H. The van der Waals surface area contributed by atoms with E-state index in [-0.39, 0.29) is 0 Å². The fourth-order valence-electron chi connectivity index (χ4n) is 7.00. The molecule has 0 N–H and O–H groups in total. The van der Waals surface area contributed by atoms with E-state index in [1.165, 1.54) is 54.2 Å². The molecule has 7 aromatic carbocycles. The number of fused-ring (bicyclic) bond motifs is 4. The van der Waals surface area contributed by atoms with Crippen LogP contribution in [-0.4, -0.2) is 19.9 Å². The van der Waals surface area contributed by atoms with Gasteiger partial charge in [0.15, 0.2) is 0 Å². The summed E-state index contributed by atoms with van der Waals surface area (Å²) >= 11 is 6.76. The van der Waals surface area contributed by atoms with Gasteiger partial charge < -0.3 is 0 Å². The summed E-state index contributed by atoms with van der Waals surface area (Å²) in [5, 5.41) is 13.9. The number of hydrogen-bond acceptors (Lipinski definition) is 8. The van der Waals surface area contributed by atoms with E-state index in [1.54, 1.807) is 45.3 Å². The van der Waals surface area contributed by atoms with Crippen molar-refractivity contribution in [2.24, 2.45) is 0 Å². The van der Waals surface area contributed by atoms with E-state index in [0.717, 1.165) is 50.7 Å². The van der Waals surface area contributed by atoms with E-state index >= 15 is 0 Å². The van der Waals surface area contributed by atoms with Gasteiger partial charge in [-0.15, -0.1) is 45.3 Å². The number of hydrogen-bond donors (Lipinski definition) is 0. The minimum absolute atomic E-state index is 0.975. The fraction of sp³-hybridized carbons (Fsp3) is 0. The summed E-state index contributed by atoms with van der Waals surface area (Å²) in [4.78, 5) is 23.6. The predicted octanol–water partition coefficient (Wildman–Crippen LogP) is 14.1. The minimum atomic E-state index is 0.975. The molecule has 11 aromatic rings. The molecule has 11 rings (SSSR count). The van der Waals surface area contributed by atoms with Gasteiger partial charge in [-0.25, -0.2) is 19.9 Å². The maximum Gasteiger partial charge on any atom is 0.135 e. The highest BCUT2D eigenvalue weighted by Crippen LogP contribution is 2.41. The zero-order valence-electron chi connectivity index (χ0n) is 28.4. The Morgan fingerprint density at radius 1 is 0.259 bits per heavy atom. The van der Waals surface area contributed by atoms with Gasteiger partial charge in [-0.3, -0.25) is 0 Å². The summed E-state index contributed by atoms with van der Waals surface area (Å²) in [6.45, 7) is 0. The lowest BCUT2D eigenvalue weighted by molar-refractivity contribution is 1.38. The molecule has 0 spiro atoms. The molecule has 254 valence electrons. The highest BCUT2D eigenvalue weighted by Gasteiger charge is 2.15. The van der Waals surface area contributed by atoms with Crippen molar-refractivity contribution >= 4 is 88.4 Å². The Kier molecular flexibility index (Phi) is 7.55. The Labute approximate surface area is 326 Å². The molecule has 8 heteroatoms. The Morgan fingerprint density at radius 3 is 1.00 bits per heavy atom. The first kappa shape index (κ1) is 31.6. The SMILES string of the molecule is c1ccc2cc3cc(-c4cnc(-c5cnc(-c6ccc(-c7ncc(-c8ncc(-c9ccc%10cc%11ccccc%11cc%10c9)s8)s7)cc6)s5)s4)ccc3cc2c1. The van der Waals surface area contributed by atoms with Gasteiger partial charge in [0, 0.05) is 35.9 Å². The third-order valence-corrected chi connectivity index (χ3v) is 14.3. The lowest BCUT2D eigenvalue weighted by atomic mass is 10.0. The molecule has 0 fully saturated rings. The summed E-state index contributed by atoms with van der Waals surface area (Å²) < 4.78 is 0. The van der Waals surface area contributed by atoms with Crippen LogP contribution < -0.4 is 0 Å². The molecule has 0 atom stereocenters. The normalized spacial score (nSPS) is 11.7. The van der Waals surface area contributed by atoms with Gasteiger partial charge in [-0.1, -0.05) is 97.1 Å². The van der Waals surface area contributed by atoms with E-state index in [9.17, 15) is 0 Å². The van der Waals surface area contributed by atoms with Crippen molar-refractivity contribution in [1.82, 2.24) is 19.9 Å². The minimum Gasteiger partial charge on any atom is -0.244 e. The average Bonchev–Trinajstić information content (AvgIpc) is 4.06. The van der Waals surface area contributed by atoms with Gasteiger partial charge >= 0.3 is 0 Å². The van der Waals surface area contributed by atoms with Crippen molar-refractivity contribution in [2.75, 3.05) is 0 Å². The van der Waals surface area contributed by atoms with Crippen molar-refractivity contribution in [3.05, 3.63) is 158 Å². The second-order valence-corrected chi connectivity index (χ2v) is 17.3. The maximum atomic E-state index is 4.80. The van der Waals surface area contributed by atoms with Crippen LogP contribution >= 0.6 is 45.3 Å². The van der Waals surface area contributed by atoms with Crippen molar-refractivity contribution in [3.8, 4) is 61.8 Å². The van der Waals surface area contributed by atoms with Gasteiger partial charge in [0.25, 0.3) is 0 Å². The third kappa shape index (κ3) is 5.71. The van der Waals surface area contributed by atoms with Crippen LogP contribution in [0.5, 0.6) is 0 Å². The summed E-state index contributed by atoms with van der Waals surface area (Å²) in [6.07, 6.45) is 7.85. The van der Waals surface area contributed by atoms with Crippen molar-refractivity contribution in [3.63, 3.8) is 0 Å². The molecule has 54 heavy (non-hydrogen) atoms. The average molecular weight is 763 g/mol. The second kappa shape index (κ2) is 12.9. The van der Waals surface area contributed by atoms with E-state index < -0.39 is 0 Å². The molecule has 4 nitrogen and oxygen atoms in total. The molecule has 0 saturated carbocycles. The first-order valence-electron chi connectivity index (χ1n) is 17.5. The number of benzene rings is 7. The molecule has 0 unspecified atom stereocenters. The molecule has 4 heterocycles. The van der Waals surface area contributed by atoms with E-state index in [1.807, 2.05) is 24.8 Å². The van der Waals surface area contributed by atoms with Crippen LogP contribution in [-0.2, 0) is 0 Å². The first-order valence-corrected chi connectivity index (χ1v) is 20.7. The molecule has 4 aromatic heterocycles. The van der Waals surface area contributed by atoms with Crippen LogP contribution in [0.4, 0.5) is 0 Å². The fourth-order valence-corrected chi connectivity index (χ4v) is 10.8. The molecular formula is C46H26N4S4. The Morgan fingerprint density at radius 2 is 0.574 bits per heavy atom. The van der Waals surface area contributed by atoms with Gasteiger partial charge in [0.05, 0.1) is 19.5 Å². The largest absolute Gasteiger partial charge is 0.244 e. The predicted molar refractivity (Wildman–Crippen MR) is 232 cm³/mol. The smallest absolute Gasteiger partial charge is 0.135 e. The third-order valence-electron chi connectivity index (χ3n) is 9.80. The maximum absolute atomic E-state index is 4.80. The first-order chi connectivity index (χ1) is 26.7. The molecule has 0 bridgehead atoms. The van der Waals surface area contributed by atoms with Crippen LogP contribution in [0.2, 0.25) is 0 Å². The molecule has 0 aliphatic rings. The topological polar surface area (TPSA) is 51.6 Å². The van der Waals surface area contributed by atoms with Gasteiger partial charge in [-0.2, -0.15) is 0 Å². The van der Waals surface area contributed by atoms with Crippen LogP contribution in [0.1, 0.15) is 0 Å². The second-order valence-electron chi connectivity index (χ2n) is 13.2. The molecule has 0 radical (unpaired) electrons. The highest BCUT2D eigenvalue weighted by atomic mass is 32.1. The van der Waals surface area contributed by atoms with Gasteiger partial charge in [0.1, 0.15) is 20.0 Å². The molecule has 0 amide bonds. The Balaban J connectivity index is 0.801. The monoisotopic (exact) mass is 762 g/mol. The molecule has 0 saturated heterocycles. The lowest BCUT2D eigenvalue weighted by Gasteiger charge is -2.04. The lowest BCUT2D eigenvalue weighted by Crippen LogP contribution is -1.78. The van der Waals surface area contributed by atoms with Gasteiger partial charge in [-0.05, 0) is 90.6 Å². The quantitative estimate of drug-likeness (QED) is 0.158. The molecule has 0 aliphatic heterocycles. The van der Waals surface area contributed by atoms with Crippen LogP contribution in [0.3, 0.4) is 0 Å². The van der Waals surface area contributed by atoms with Crippen molar-refractivity contribution < 1.29 is 0 Å². The number of nitrogens with zero attached hydrogens (tertiary/aromatic N) is 4.